The van der Waals surface area contributed by atoms with Crippen molar-refractivity contribution in [1.29, 1.82) is 0 Å². The van der Waals surface area contributed by atoms with Crippen molar-refractivity contribution in [2.24, 2.45) is 11.8 Å². The second-order valence-corrected chi connectivity index (χ2v) is 6.22. The lowest BCUT2D eigenvalue weighted by Gasteiger charge is -2.17. The van der Waals surface area contributed by atoms with E-state index in [1.165, 1.54) is 23.3 Å². The Morgan fingerprint density at radius 3 is 2.67 bits per heavy atom. The Hall–Kier alpha value is -0.510. The topological polar surface area (TPSA) is 38.0 Å². The van der Waals surface area contributed by atoms with Crippen LogP contribution in [0.25, 0.3) is 0 Å². The molecule has 0 fully saturated rings. The summed E-state index contributed by atoms with van der Waals surface area (Å²) in [5, 5.41) is 0. The standard InChI is InChI=1S/C15H26N2S/c1-4-6-13-7-5-8-14(9-13)15(17-16)11-18-10-12(2)3/h5,7-9,12,15,17H,4,6,10-11,16H2,1-3H3. The van der Waals surface area contributed by atoms with Crippen LogP contribution in [-0.2, 0) is 6.42 Å². The van der Waals surface area contributed by atoms with Gasteiger partial charge in [-0.15, -0.1) is 0 Å². The van der Waals surface area contributed by atoms with Crippen molar-refractivity contribution < 1.29 is 0 Å². The maximum Gasteiger partial charge on any atom is 0.0550 e. The molecular formula is C15H26N2S. The van der Waals surface area contributed by atoms with Gasteiger partial charge in [-0.3, -0.25) is 11.3 Å². The Morgan fingerprint density at radius 1 is 1.28 bits per heavy atom. The number of rotatable bonds is 8. The van der Waals surface area contributed by atoms with Crippen LogP contribution in [0.15, 0.2) is 24.3 Å². The van der Waals surface area contributed by atoms with E-state index in [1.807, 2.05) is 11.8 Å². The molecule has 0 radical (unpaired) electrons. The van der Waals surface area contributed by atoms with Crippen LogP contribution in [0.1, 0.15) is 44.4 Å². The lowest BCUT2D eigenvalue weighted by molar-refractivity contribution is 0.608. The van der Waals surface area contributed by atoms with Crippen LogP contribution >= 0.6 is 11.8 Å². The average molecular weight is 266 g/mol. The number of hydrogen-bond acceptors (Lipinski definition) is 3. The van der Waals surface area contributed by atoms with Crippen molar-refractivity contribution in [3.63, 3.8) is 0 Å². The van der Waals surface area contributed by atoms with Gasteiger partial charge in [0.05, 0.1) is 6.04 Å². The van der Waals surface area contributed by atoms with Gasteiger partial charge in [-0.25, -0.2) is 0 Å². The highest BCUT2D eigenvalue weighted by atomic mass is 32.2. The molecule has 0 saturated carbocycles. The highest BCUT2D eigenvalue weighted by Gasteiger charge is 2.10. The minimum Gasteiger partial charge on any atom is -0.271 e. The van der Waals surface area contributed by atoms with Gasteiger partial charge in [0.25, 0.3) is 0 Å². The molecule has 1 rings (SSSR count). The van der Waals surface area contributed by atoms with Crippen LogP contribution in [0.5, 0.6) is 0 Å². The van der Waals surface area contributed by atoms with Gasteiger partial charge in [-0.05, 0) is 29.2 Å². The molecule has 0 heterocycles. The monoisotopic (exact) mass is 266 g/mol. The molecule has 3 heteroatoms. The van der Waals surface area contributed by atoms with Crippen LogP contribution < -0.4 is 11.3 Å². The smallest absolute Gasteiger partial charge is 0.0550 e. The summed E-state index contributed by atoms with van der Waals surface area (Å²) in [6.45, 7) is 6.71. The third kappa shape index (κ3) is 5.42. The third-order valence-corrected chi connectivity index (χ3v) is 4.30. The van der Waals surface area contributed by atoms with Crippen molar-refractivity contribution in [3.05, 3.63) is 35.4 Å². The number of nitrogens with two attached hydrogens (primary N) is 1. The SMILES string of the molecule is CCCc1cccc(C(CSCC(C)C)NN)c1. The minimum absolute atomic E-state index is 0.255. The van der Waals surface area contributed by atoms with E-state index in [1.54, 1.807) is 0 Å². The molecule has 0 aliphatic heterocycles. The molecule has 0 aliphatic carbocycles. The van der Waals surface area contributed by atoms with E-state index in [-0.39, 0.29) is 6.04 Å². The molecule has 0 saturated heterocycles. The minimum atomic E-state index is 0.255. The Bertz CT molecular complexity index is 339. The predicted octanol–water partition coefficient (Wildman–Crippen LogP) is 3.53. The van der Waals surface area contributed by atoms with Crippen molar-refractivity contribution in [1.82, 2.24) is 5.43 Å². The first-order chi connectivity index (χ1) is 8.67. The summed E-state index contributed by atoms with van der Waals surface area (Å²) in [7, 11) is 0. The maximum atomic E-state index is 5.68. The highest BCUT2D eigenvalue weighted by Crippen LogP contribution is 2.20. The lowest BCUT2D eigenvalue weighted by atomic mass is 10.0. The van der Waals surface area contributed by atoms with Gasteiger partial charge in [0.15, 0.2) is 0 Å². The van der Waals surface area contributed by atoms with E-state index >= 15 is 0 Å². The molecule has 1 unspecified atom stereocenters. The van der Waals surface area contributed by atoms with Crippen LogP contribution in [0.4, 0.5) is 0 Å². The molecule has 3 N–H and O–H groups in total. The van der Waals surface area contributed by atoms with E-state index in [9.17, 15) is 0 Å². The van der Waals surface area contributed by atoms with Gasteiger partial charge in [0.1, 0.15) is 0 Å². The van der Waals surface area contributed by atoms with E-state index < -0.39 is 0 Å². The zero-order valence-electron chi connectivity index (χ0n) is 11.8. The van der Waals surface area contributed by atoms with Gasteiger partial charge < -0.3 is 0 Å². The van der Waals surface area contributed by atoms with Crippen molar-refractivity contribution in [2.45, 2.75) is 39.7 Å². The van der Waals surface area contributed by atoms with Crippen LogP contribution in [0.3, 0.4) is 0 Å². The van der Waals surface area contributed by atoms with Gasteiger partial charge in [-0.2, -0.15) is 11.8 Å². The van der Waals surface area contributed by atoms with Gasteiger partial charge in [-0.1, -0.05) is 51.5 Å². The van der Waals surface area contributed by atoms with Crippen LogP contribution in [0.2, 0.25) is 0 Å². The van der Waals surface area contributed by atoms with E-state index in [2.05, 4.69) is 50.5 Å². The first kappa shape index (κ1) is 15.5. The first-order valence-corrected chi connectivity index (χ1v) is 7.95. The molecule has 2 nitrogen and oxygen atoms in total. The van der Waals surface area contributed by atoms with Crippen molar-refractivity contribution in [2.75, 3.05) is 11.5 Å². The van der Waals surface area contributed by atoms with E-state index in [0.29, 0.717) is 0 Å². The number of thioether (sulfide) groups is 1. The second-order valence-electron chi connectivity index (χ2n) is 5.15. The molecule has 1 atom stereocenters. The number of hydrogen-bond donors (Lipinski definition) is 2. The van der Waals surface area contributed by atoms with Crippen LogP contribution in [0, 0.1) is 5.92 Å². The Kier molecular flexibility index (Phi) is 7.40. The summed E-state index contributed by atoms with van der Waals surface area (Å²) in [6.07, 6.45) is 2.33. The largest absolute Gasteiger partial charge is 0.271 e. The average Bonchev–Trinajstić information content (AvgIpc) is 2.35. The normalized spacial score (nSPS) is 12.9. The fourth-order valence-electron chi connectivity index (χ4n) is 1.92. The molecule has 0 aliphatic rings. The van der Waals surface area contributed by atoms with E-state index in [0.717, 1.165) is 18.1 Å². The van der Waals surface area contributed by atoms with Crippen LogP contribution in [-0.4, -0.2) is 11.5 Å². The van der Waals surface area contributed by atoms with E-state index in [4.69, 9.17) is 5.84 Å². The fraction of sp³-hybridized carbons (Fsp3) is 0.600. The molecular weight excluding hydrogens is 240 g/mol. The number of benzene rings is 1. The Balaban J connectivity index is 2.60. The lowest BCUT2D eigenvalue weighted by Crippen LogP contribution is -2.30. The summed E-state index contributed by atoms with van der Waals surface area (Å²) in [5.41, 5.74) is 5.65. The number of hydrazine groups is 1. The van der Waals surface area contributed by atoms with Gasteiger partial charge in [0.2, 0.25) is 0 Å². The Labute approximate surface area is 116 Å². The molecule has 102 valence electrons. The summed E-state index contributed by atoms with van der Waals surface area (Å²) in [6, 6.07) is 9.04. The molecule has 0 spiro atoms. The number of aryl methyl sites for hydroxylation is 1. The van der Waals surface area contributed by atoms with Gasteiger partial charge >= 0.3 is 0 Å². The quantitative estimate of drug-likeness (QED) is 0.558. The molecule has 1 aromatic rings. The maximum absolute atomic E-state index is 5.68. The first-order valence-electron chi connectivity index (χ1n) is 6.80. The molecule has 0 aromatic heterocycles. The zero-order chi connectivity index (χ0) is 13.4. The molecule has 0 bridgehead atoms. The molecule has 0 amide bonds. The summed E-state index contributed by atoms with van der Waals surface area (Å²) in [4.78, 5) is 0. The van der Waals surface area contributed by atoms with Crippen molar-refractivity contribution in [3.8, 4) is 0 Å². The summed E-state index contributed by atoms with van der Waals surface area (Å²) >= 11 is 1.97. The fourth-order valence-corrected chi connectivity index (χ4v) is 3.05. The Morgan fingerprint density at radius 2 is 2.06 bits per heavy atom. The van der Waals surface area contributed by atoms with Gasteiger partial charge in [0, 0.05) is 5.75 Å². The summed E-state index contributed by atoms with van der Waals surface area (Å²) in [5.74, 6) is 8.64. The zero-order valence-corrected chi connectivity index (χ0v) is 12.6. The predicted molar refractivity (Wildman–Crippen MR) is 82.7 cm³/mol. The molecule has 1 aromatic carbocycles. The third-order valence-electron chi connectivity index (χ3n) is 2.83. The highest BCUT2D eigenvalue weighted by molar-refractivity contribution is 7.99. The molecule has 18 heavy (non-hydrogen) atoms. The van der Waals surface area contributed by atoms with Crippen molar-refractivity contribution >= 4 is 11.8 Å². The number of nitrogens with one attached hydrogen (secondary N) is 1. The summed E-state index contributed by atoms with van der Waals surface area (Å²) < 4.78 is 0. The second kappa shape index (κ2) is 8.57.